The minimum atomic E-state index is -3.57. The molecule has 322 valence electrons. The predicted molar refractivity (Wildman–Crippen MR) is 219 cm³/mol. The van der Waals surface area contributed by atoms with Crippen LogP contribution in [0.3, 0.4) is 0 Å². The number of hydrogen-bond acceptors (Lipinski definition) is 9. The molecule has 1 aromatic rings. The molecule has 58 heavy (non-hydrogen) atoms. The second-order valence-corrected chi connectivity index (χ2v) is 20.1. The maximum Gasteiger partial charge on any atom is 0.410 e. The van der Waals surface area contributed by atoms with E-state index in [1.807, 2.05) is 45.0 Å². The molecule has 16 nitrogen and oxygen atoms in total. The van der Waals surface area contributed by atoms with E-state index in [2.05, 4.69) is 27.8 Å². The largest absolute Gasteiger partial charge is 0.444 e. The standard InChI is InChI=1S/C41H63N7O9S/c1-10-19-42-36(51)33(49)30(21-26-14-13-15-26)43-35(50)31-22-29(57-39(54)47-20-18-27-16-11-12-17-28(27)23-47)24-48(31)37(52)34(41(5,6)7)45-38(53)44-32(40(2,3)4)25-46(8)58(9,55)56/h10-12,16-17,26,29-32,34H,1,13-15,18-25H2,2-9H3,(H,42,51)(H,43,50)(H2,44,45,53)/t29-,30?,31+,32?,34?/m1/s1. The lowest BCUT2D eigenvalue weighted by atomic mass is 9.80. The summed E-state index contributed by atoms with van der Waals surface area (Å²) in [6.45, 7) is 15.0. The summed E-state index contributed by atoms with van der Waals surface area (Å²) in [6, 6.07) is 2.86. The molecule has 1 saturated carbocycles. The fourth-order valence-corrected chi connectivity index (χ4v) is 7.71. The highest BCUT2D eigenvalue weighted by Gasteiger charge is 2.47. The number of hydrogen-bond donors (Lipinski definition) is 4. The summed E-state index contributed by atoms with van der Waals surface area (Å²) in [5.41, 5.74) is 0.655. The van der Waals surface area contributed by atoms with Crippen LogP contribution < -0.4 is 21.3 Å². The fraction of sp³-hybridized carbons (Fsp3) is 0.659. The van der Waals surface area contributed by atoms with Crippen LogP contribution in [-0.2, 0) is 46.9 Å². The van der Waals surface area contributed by atoms with E-state index < -0.39 is 86.8 Å². The van der Waals surface area contributed by atoms with Gasteiger partial charge < -0.3 is 35.8 Å². The molecule has 0 radical (unpaired) electrons. The molecule has 1 saturated heterocycles. The number of sulfonamides is 1. The zero-order valence-electron chi connectivity index (χ0n) is 35.3. The second-order valence-electron chi connectivity index (χ2n) is 18.0. The first-order valence-electron chi connectivity index (χ1n) is 20.0. The SMILES string of the molecule is C=CCNC(=O)C(=O)C(CC1CCC1)NC(=O)[C@@H]1C[C@@H](OC(=O)N2CCc3ccccc3C2)CN1C(=O)C(NC(=O)NC(CN(C)S(C)(=O)=O)C(C)(C)C)C(C)(C)C. The molecule has 6 amide bonds. The van der Waals surface area contributed by atoms with Gasteiger partial charge in [-0.1, -0.05) is 91.1 Å². The van der Waals surface area contributed by atoms with Crippen LogP contribution in [0.25, 0.3) is 0 Å². The number of Topliss-reactive ketones (excluding diaryl/α,β-unsaturated/α-hetero) is 1. The molecule has 2 aliphatic heterocycles. The van der Waals surface area contributed by atoms with E-state index in [0.717, 1.165) is 41.0 Å². The van der Waals surface area contributed by atoms with Crippen molar-refractivity contribution < 1.29 is 41.9 Å². The van der Waals surface area contributed by atoms with Crippen molar-refractivity contribution in [2.75, 3.05) is 39.5 Å². The molecule has 4 rings (SSSR count). The van der Waals surface area contributed by atoms with Crippen molar-refractivity contribution in [2.45, 2.75) is 117 Å². The first-order chi connectivity index (χ1) is 27.0. The minimum absolute atomic E-state index is 0.0275. The zero-order chi connectivity index (χ0) is 43.2. The van der Waals surface area contributed by atoms with Gasteiger partial charge in [-0.2, -0.15) is 0 Å². The Hall–Kier alpha value is -4.51. The first kappa shape index (κ1) is 46.2. The van der Waals surface area contributed by atoms with Crippen molar-refractivity contribution in [3.63, 3.8) is 0 Å². The van der Waals surface area contributed by atoms with Crippen LogP contribution in [-0.4, -0.2) is 128 Å². The highest BCUT2D eigenvalue weighted by atomic mass is 32.2. The predicted octanol–water partition coefficient (Wildman–Crippen LogP) is 2.72. The van der Waals surface area contributed by atoms with Gasteiger partial charge in [-0.25, -0.2) is 22.3 Å². The number of nitrogens with zero attached hydrogens (tertiary/aromatic N) is 3. The Bertz CT molecular complexity index is 1820. The summed E-state index contributed by atoms with van der Waals surface area (Å²) in [4.78, 5) is 85.3. The van der Waals surface area contributed by atoms with E-state index in [1.54, 1.807) is 25.7 Å². The van der Waals surface area contributed by atoms with E-state index in [9.17, 15) is 37.2 Å². The van der Waals surface area contributed by atoms with Crippen LogP contribution in [0, 0.1) is 16.7 Å². The number of likely N-dealkylation sites (N-methyl/N-ethyl adjacent to an activating group) is 1. The van der Waals surface area contributed by atoms with Gasteiger partial charge in [-0.15, -0.1) is 6.58 Å². The first-order valence-corrected chi connectivity index (χ1v) is 21.9. The van der Waals surface area contributed by atoms with E-state index in [-0.39, 0.29) is 38.4 Å². The molecule has 4 N–H and O–H groups in total. The second kappa shape index (κ2) is 19.0. The maximum atomic E-state index is 14.7. The highest BCUT2D eigenvalue weighted by molar-refractivity contribution is 7.88. The van der Waals surface area contributed by atoms with E-state index in [0.29, 0.717) is 19.5 Å². The summed E-state index contributed by atoms with van der Waals surface area (Å²) in [6.07, 6.45) is 4.48. The van der Waals surface area contributed by atoms with Crippen LogP contribution in [0.5, 0.6) is 0 Å². The Morgan fingerprint density at radius 3 is 2.21 bits per heavy atom. The molecule has 0 spiro atoms. The lowest BCUT2D eigenvalue weighted by molar-refractivity contribution is -0.144. The summed E-state index contributed by atoms with van der Waals surface area (Å²) in [5.74, 6) is -2.86. The molecule has 0 bridgehead atoms. The van der Waals surface area contributed by atoms with Gasteiger partial charge in [-0.05, 0) is 40.7 Å². The van der Waals surface area contributed by atoms with Gasteiger partial charge in [0.15, 0.2) is 0 Å². The molecule has 3 aliphatic rings. The minimum Gasteiger partial charge on any atom is -0.444 e. The Kier molecular flexibility index (Phi) is 15.2. The monoisotopic (exact) mass is 829 g/mol. The van der Waals surface area contributed by atoms with E-state index >= 15 is 0 Å². The van der Waals surface area contributed by atoms with Gasteiger partial charge >= 0.3 is 12.1 Å². The fourth-order valence-electron chi connectivity index (χ4n) is 7.29. The number of benzene rings is 1. The van der Waals surface area contributed by atoms with Crippen LogP contribution >= 0.6 is 0 Å². The Balaban J connectivity index is 1.60. The molecule has 2 heterocycles. The molecule has 1 aromatic carbocycles. The smallest absolute Gasteiger partial charge is 0.410 e. The number of urea groups is 1. The number of ketones is 1. The van der Waals surface area contributed by atoms with Gasteiger partial charge in [0.1, 0.15) is 18.2 Å². The van der Waals surface area contributed by atoms with Crippen molar-refractivity contribution >= 4 is 45.7 Å². The van der Waals surface area contributed by atoms with Crippen LogP contribution in [0.15, 0.2) is 36.9 Å². The average Bonchev–Trinajstić information content (AvgIpc) is 3.55. The molecular weight excluding hydrogens is 767 g/mol. The number of fused-ring (bicyclic) bond motifs is 1. The van der Waals surface area contributed by atoms with Gasteiger partial charge in [0, 0.05) is 45.7 Å². The number of ether oxygens (including phenoxy) is 1. The summed E-state index contributed by atoms with van der Waals surface area (Å²) >= 11 is 0. The van der Waals surface area contributed by atoms with Crippen LogP contribution in [0.4, 0.5) is 9.59 Å². The molecule has 2 fully saturated rings. The number of carbonyl (C=O) groups is 6. The average molecular weight is 830 g/mol. The van der Waals surface area contributed by atoms with Crippen molar-refractivity contribution in [2.24, 2.45) is 16.7 Å². The normalized spacial score (nSPS) is 20.2. The molecule has 17 heteroatoms. The highest BCUT2D eigenvalue weighted by Crippen LogP contribution is 2.32. The third-order valence-corrected chi connectivity index (χ3v) is 12.6. The summed E-state index contributed by atoms with van der Waals surface area (Å²) in [7, 11) is -2.15. The Labute approximate surface area is 343 Å². The number of likely N-dealkylation sites (tertiary alicyclic amines) is 1. The van der Waals surface area contributed by atoms with Crippen LogP contribution in [0.2, 0.25) is 0 Å². The van der Waals surface area contributed by atoms with Crippen molar-refractivity contribution in [3.05, 3.63) is 48.0 Å². The van der Waals surface area contributed by atoms with Crippen molar-refractivity contribution in [1.29, 1.82) is 0 Å². The van der Waals surface area contributed by atoms with E-state index in [1.165, 1.54) is 18.0 Å². The zero-order valence-corrected chi connectivity index (χ0v) is 36.1. The van der Waals surface area contributed by atoms with Gasteiger partial charge in [0.05, 0.1) is 18.8 Å². The lowest BCUT2D eigenvalue weighted by Crippen LogP contribution is -2.62. The number of rotatable bonds is 15. The maximum absolute atomic E-state index is 14.7. The van der Waals surface area contributed by atoms with Crippen molar-refractivity contribution in [3.8, 4) is 0 Å². The molecule has 1 aliphatic carbocycles. The van der Waals surface area contributed by atoms with Crippen molar-refractivity contribution in [1.82, 2.24) is 35.4 Å². The van der Waals surface area contributed by atoms with Gasteiger partial charge in [0.25, 0.3) is 5.91 Å². The number of carbonyl (C=O) groups excluding carboxylic acids is 6. The quantitative estimate of drug-likeness (QED) is 0.151. The topological polar surface area (TPSA) is 204 Å². The van der Waals surface area contributed by atoms with Gasteiger partial charge in [-0.3, -0.25) is 19.2 Å². The summed E-state index contributed by atoms with van der Waals surface area (Å²) in [5, 5.41) is 10.9. The molecule has 0 aromatic heterocycles. The van der Waals surface area contributed by atoms with Crippen LogP contribution in [0.1, 0.15) is 84.8 Å². The molecular formula is C41H63N7O9S. The number of nitrogens with one attached hydrogen (secondary N) is 4. The third-order valence-electron chi connectivity index (χ3n) is 11.3. The molecule has 3 unspecified atom stereocenters. The summed E-state index contributed by atoms with van der Waals surface area (Å²) < 4.78 is 31.6. The lowest BCUT2D eigenvalue weighted by Gasteiger charge is -2.37. The third kappa shape index (κ3) is 12.3. The van der Waals surface area contributed by atoms with Gasteiger partial charge in [0.2, 0.25) is 27.6 Å². The van der Waals surface area contributed by atoms with E-state index in [4.69, 9.17) is 4.74 Å². The molecule has 5 atom stereocenters. The Morgan fingerprint density at radius 2 is 1.64 bits per heavy atom. The Morgan fingerprint density at radius 1 is 0.983 bits per heavy atom. The number of amides is 6.